The molecule has 26 heavy (non-hydrogen) atoms. The molecule has 0 radical (unpaired) electrons. The second-order valence-electron chi connectivity index (χ2n) is 6.55. The Morgan fingerprint density at radius 3 is 2.69 bits per heavy atom. The SMILES string of the molecule is CC(C)OC(=O)C1=C(N)OC2=C(C(=O)CCC2)[C@H]1c1ccc(F)cc1F. The molecule has 1 atom stereocenters. The molecule has 1 heterocycles. The average molecular weight is 363 g/mol. The number of rotatable bonds is 3. The van der Waals surface area contributed by atoms with Crippen LogP contribution < -0.4 is 5.73 Å². The number of allylic oxidation sites excluding steroid dienone is 2. The Bertz CT molecular complexity index is 842. The number of esters is 1. The van der Waals surface area contributed by atoms with Crippen LogP contribution in [0.5, 0.6) is 0 Å². The van der Waals surface area contributed by atoms with Crippen molar-refractivity contribution in [3.8, 4) is 0 Å². The molecule has 0 bridgehead atoms. The Hall–Kier alpha value is -2.70. The molecule has 1 aliphatic heterocycles. The van der Waals surface area contributed by atoms with Crippen LogP contribution in [-0.2, 0) is 19.1 Å². The van der Waals surface area contributed by atoms with E-state index in [9.17, 15) is 18.4 Å². The van der Waals surface area contributed by atoms with Gasteiger partial charge in [0.2, 0.25) is 5.88 Å². The van der Waals surface area contributed by atoms with E-state index >= 15 is 0 Å². The van der Waals surface area contributed by atoms with Crippen molar-refractivity contribution in [1.29, 1.82) is 0 Å². The first-order valence-corrected chi connectivity index (χ1v) is 8.39. The van der Waals surface area contributed by atoms with Crippen molar-refractivity contribution < 1.29 is 27.8 Å². The van der Waals surface area contributed by atoms with Gasteiger partial charge in [0.15, 0.2) is 5.78 Å². The molecule has 138 valence electrons. The largest absolute Gasteiger partial charge is 0.459 e. The van der Waals surface area contributed by atoms with Crippen molar-refractivity contribution in [1.82, 2.24) is 0 Å². The number of carbonyl (C=O) groups excluding carboxylic acids is 2. The smallest absolute Gasteiger partial charge is 0.340 e. The lowest BCUT2D eigenvalue weighted by atomic mass is 9.77. The fourth-order valence-electron chi connectivity index (χ4n) is 3.28. The minimum absolute atomic E-state index is 0.0175. The Morgan fingerprint density at radius 1 is 1.31 bits per heavy atom. The molecule has 0 amide bonds. The lowest BCUT2D eigenvalue weighted by Crippen LogP contribution is -2.32. The van der Waals surface area contributed by atoms with Gasteiger partial charge in [0.1, 0.15) is 23.0 Å². The Labute approximate surface area is 149 Å². The molecule has 0 unspecified atom stereocenters. The van der Waals surface area contributed by atoms with Crippen molar-refractivity contribution in [2.75, 3.05) is 0 Å². The molecule has 0 aromatic heterocycles. The highest BCUT2D eigenvalue weighted by atomic mass is 19.1. The van der Waals surface area contributed by atoms with E-state index in [-0.39, 0.29) is 34.8 Å². The Morgan fingerprint density at radius 2 is 2.04 bits per heavy atom. The quantitative estimate of drug-likeness (QED) is 0.835. The van der Waals surface area contributed by atoms with Gasteiger partial charge in [-0.15, -0.1) is 0 Å². The van der Waals surface area contributed by atoms with E-state index in [2.05, 4.69) is 0 Å². The van der Waals surface area contributed by atoms with Crippen LogP contribution in [0, 0.1) is 11.6 Å². The van der Waals surface area contributed by atoms with Gasteiger partial charge < -0.3 is 15.2 Å². The summed E-state index contributed by atoms with van der Waals surface area (Å²) in [6.45, 7) is 3.31. The summed E-state index contributed by atoms with van der Waals surface area (Å²) in [5.41, 5.74) is 5.96. The first-order chi connectivity index (χ1) is 12.3. The molecule has 0 fully saturated rings. The second kappa shape index (κ2) is 6.90. The molecule has 2 N–H and O–H groups in total. The fourth-order valence-corrected chi connectivity index (χ4v) is 3.28. The molecule has 5 nitrogen and oxygen atoms in total. The molecule has 1 aliphatic carbocycles. The fraction of sp³-hybridized carbons (Fsp3) is 0.368. The number of ketones is 1. The zero-order valence-corrected chi connectivity index (χ0v) is 14.5. The van der Waals surface area contributed by atoms with Crippen molar-refractivity contribution in [3.63, 3.8) is 0 Å². The number of Topliss-reactive ketones (excluding diaryl/α,β-unsaturated/α-hetero) is 1. The monoisotopic (exact) mass is 363 g/mol. The van der Waals surface area contributed by atoms with Crippen LogP contribution in [0.4, 0.5) is 8.78 Å². The molecule has 3 rings (SSSR count). The van der Waals surface area contributed by atoms with E-state index in [1.165, 1.54) is 6.07 Å². The van der Waals surface area contributed by atoms with E-state index < -0.39 is 29.6 Å². The molecule has 1 aromatic rings. The molecular weight excluding hydrogens is 344 g/mol. The van der Waals surface area contributed by atoms with Crippen molar-refractivity contribution in [2.24, 2.45) is 5.73 Å². The summed E-state index contributed by atoms with van der Waals surface area (Å²) >= 11 is 0. The maximum Gasteiger partial charge on any atom is 0.340 e. The maximum atomic E-state index is 14.5. The number of ether oxygens (including phenoxy) is 2. The maximum absolute atomic E-state index is 14.5. The molecule has 0 saturated carbocycles. The summed E-state index contributed by atoms with van der Waals surface area (Å²) < 4.78 is 38.6. The molecule has 7 heteroatoms. The first-order valence-electron chi connectivity index (χ1n) is 8.39. The number of benzene rings is 1. The van der Waals surface area contributed by atoms with E-state index in [0.717, 1.165) is 6.07 Å². The third-order valence-electron chi connectivity index (χ3n) is 4.32. The number of hydrogen-bond donors (Lipinski definition) is 1. The van der Waals surface area contributed by atoms with Crippen LogP contribution in [0.15, 0.2) is 41.0 Å². The standard InChI is InChI=1S/C19H19F2NO4/c1-9(2)25-19(24)17-15(11-7-6-10(20)8-12(11)21)16-13(23)4-3-5-14(16)26-18(17)22/h6-9,15H,3-5,22H2,1-2H3/t15-/m1/s1. The summed E-state index contributed by atoms with van der Waals surface area (Å²) in [5.74, 6) is -3.65. The van der Waals surface area contributed by atoms with Gasteiger partial charge in [0.25, 0.3) is 0 Å². The molecule has 1 aromatic carbocycles. The van der Waals surface area contributed by atoms with E-state index in [1.807, 2.05) is 0 Å². The van der Waals surface area contributed by atoms with Gasteiger partial charge in [-0.25, -0.2) is 13.6 Å². The molecule has 2 aliphatic rings. The van der Waals surface area contributed by atoms with Crippen LogP contribution >= 0.6 is 0 Å². The Balaban J connectivity index is 2.18. The van der Waals surface area contributed by atoms with Gasteiger partial charge in [0.05, 0.1) is 12.0 Å². The lowest BCUT2D eigenvalue weighted by molar-refractivity contribution is -0.143. The predicted molar refractivity (Wildman–Crippen MR) is 88.5 cm³/mol. The highest BCUT2D eigenvalue weighted by Gasteiger charge is 2.42. The summed E-state index contributed by atoms with van der Waals surface area (Å²) in [5, 5.41) is 0. The number of hydrogen-bond acceptors (Lipinski definition) is 5. The lowest BCUT2D eigenvalue weighted by Gasteiger charge is -2.32. The average Bonchev–Trinajstić information content (AvgIpc) is 2.53. The normalized spacial score (nSPS) is 20.2. The van der Waals surface area contributed by atoms with Crippen LogP contribution in [0.3, 0.4) is 0 Å². The summed E-state index contributed by atoms with van der Waals surface area (Å²) in [6, 6.07) is 2.99. The van der Waals surface area contributed by atoms with Crippen molar-refractivity contribution >= 4 is 11.8 Å². The van der Waals surface area contributed by atoms with E-state index in [0.29, 0.717) is 24.7 Å². The van der Waals surface area contributed by atoms with Crippen molar-refractivity contribution in [2.45, 2.75) is 45.1 Å². The zero-order chi connectivity index (χ0) is 19.0. The zero-order valence-electron chi connectivity index (χ0n) is 14.5. The third-order valence-corrected chi connectivity index (χ3v) is 4.32. The van der Waals surface area contributed by atoms with Crippen molar-refractivity contribution in [3.05, 3.63) is 58.2 Å². The van der Waals surface area contributed by atoms with Gasteiger partial charge >= 0.3 is 5.97 Å². The Kier molecular flexibility index (Phi) is 4.80. The predicted octanol–water partition coefficient (Wildman–Crippen LogP) is 3.21. The summed E-state index contributed by atoms with van der Waals surface area (Å²) in [7, 11) is 0. The summed E-state index contributed by atoms with van der Waals surface area (Å²) in [4.78, 5) is 25.1. The first kappa shape index (κ1) is 18.1. The molecule has 0 spiro atoms. The van der Waals surface area contributed by atoms with Gasteiger partial charge in [-0.2, -0.15) is 0 Å². The minimum Gasteiger partial charge on any atom is -0.459 e. The highest BCUT2D eigenvalue weighted by molar-refractivity contribution is 6.03. The number of halogens is 2. The van der Waals surface area contributed by atoms with Crippen LogP contribution in [0.25, 0.3) is 0 Å². The minimum atomic E-state index is -1.08. The highest BCUT2D eigenvalue weighted by Crippen LogP contribution is 2.44. The van der Waals surface area contributed by atoms with Crippen LogP contribution in [0.1, 0.15) is 44.6 Å². The second-order valence-corrected chi connectivity index (χ2v) is 6.55. The molecular formula is C19H19F2NO4. The number of carbonyl (C=O) groups is 2. The van der Waals surface area contributed by atoms with Crippen LogP contribution in [-0.4, -0.2) is 17.9 Å². The van der Waals surface area contributed by atoms with Crippen LogP contribution in [0.2, 0.25) is 0 Å². The van der Waals surface area contributed by atoms with Gasteiger partial charge in [-0.3, -0.25) is 4.79 Å². The summed E-state index contributed by atoms with van der Waals surface area (Å²) in [6.07, 6.45) is 0.843. The van der Waals surface area contributed by atoms with Gasteiger partial charge in [-0.05, 0) is 26.3 Å². The van der Waals surface area contributed by atoms with Gasteiger partial charge in [0, 0.05) is 30.0 Å². The third kappa shape index (κ3) is 3.21. The molecule has 0 saturated heterocycles. The number of nitrogens with two attached hydrogens (primary N) is 1. The topological polar surface area (TPSA) is 78.6 Å². The van der Waals surface area contributed by atoms with E-state index in [1.54, 1.807) is 13.8 Å². The van der Waals surface area contributed by atoms with E-state index in [4.69, 9.17) is 15.2 Å². The van der Waals surface area contributed by atoms with Gasteiger partial charge in [-0.1, -0.05) is 6.07 Å².